The molecule has 194 valence electrons. The van der Waals surface area contributed by atoms with Gasteiger partial charge in [-0.05, 0) is 63.3 Å². The zero-order valence-electron chi connectivity index (χ0n) is 22.0. The van der Waals surface area contributed by atoms with Crippen molar-refractivity contribution >= 4 is 17.9 Å². The number of unbranched alkanes of at least 4 members (excludes halogenated alkanes) is 1. The summed E-state index contributed by atoms with van der Waals surface area (Å²) < 4.78 is 5.35. The highest BCUT2D eigenvalue weighted by molar-refractivity contribution is 5.92. The van der Waals surface area contributed by atoms with E-state index >= 15 is 0 Å². The maximum Gasteiger partial charge on any atom is 0.408 e. The van der Waals surface area contributed by atoms with Crippen molar-refractivity contribution in [2.75, 3.05) is 13.1 Å². The lowest BCUT2D eigenvalue weighted by Gasteiger charge is -2.34. The van der Waals surface area contributed by atoms with Gasteiger partial charge in [-0.25, -0.2) is 4.79 Å². The molecule has 1 aromatic rings. The molecule has 3 N–H and O–H groups in total. The Morgan fingerprint density at radius 3 is 2.40 bits per heavy atom. The molecule has 0 saturated carbocycles. The summed E-state index contributed by atoms with van der Waals surface area (Å²) in [4.78, 5) is 40.8. The Morgan fingerprint density at radius 1 is 1.23 bits per heavy atom. The smallest absolute Gasteiger partial charge is 0.408 e. The van der Waals surface area contributed by atoms with Crippen LogP contribution in [0.2, 0.25) is 0 Å². The first-order valence-corrected chi connectivity index (χ1v) is 12.1. The predicted molar refractivity (Wildman–Crippen MR) is 133 cm³/mol. The number of carbonyl (C=O) groups is 3. The van der Waals surface area contributed by atoms with Crippen molar-refractivity contribution in [3.8, 4) is 11.8 Å². The first-order valence-electron chi connectivity index (χ1n) is 12.1. The Hall–Kier alpha value is -3.28. The van der Waals surface area contributed by atoms with E-state index < -0.39 is 35.6 Å². The first kappa shape index (κ1) is 29.8. The van der Waals surface area contributed by atoms with Gasteiger partial charge in [-0.2, -0.15) is 5.26 Å². The molecule has 1 aromatic carbocycles. The van der Waals surface area contributed by atoms with E-state index in [0.717, 1.165) is 12.8 Å². The second kappa shape index (κ2) is 13.6. The van der Waals surface area contributed by atoms with E-state index in [9.17, 15) is 24.8 Å². The second-order valence-electron chi connectivity index (χ2n) is 9.73. The minimum Gasteiger partial charge on any atom is -0.508 e. The lowest BCUT2D eigenvalue weighted by atomic mass is 9.95. The van der Waals surface area contributed by atoms with E-state index in [2.05, 4.69) is 10.6 Å². The number of ether oxygens (including phenoxy) is 1. The van der Waals surface area contributed by atoms with Gasteiger partial charge in [-0.15, -0.1) is 0 Å². The number of nitriles is 1. The molecule has 3 unspecified atom stereocenters. The fourth-order valence-electron chi connectivity index (χ4n) is 3.48. The maximum atomic E-state index is 13.8. The van der Waals surface area contributed by atoms with Gasteiger partial charge in [-0.1, -0.05) is 39.7 Å². The number of phenols is 1. The first-order chi connectivity index (χ1) is 16.4. The third kappa shape index (κ3) is 9.12. The molecule has 3 atom stereocenters. The average Bonchev–Trinajstić information content (AvgIpc) is 2.77. The van der Waals surface area contributed by atoms with E-state index in [1.165, 1.54) is 11.0 Å². The van der Waals surface area contributed by atoms with E-state index in [4.69, 9.17) is 4.74 Å². The average molecular weight is 489 g/mol. The highest BCUT2D eigenvalue weighted by atomic mass is 16.6. The van der Waals surface area contributed by atoms with Gasteiger partial charge in [0, 0.05) is 6.54 Å². The summed E-state index contributed by atoms with van der Waals surface area (Å²) >= 11 is 0. The van der Waals surface area contributed by atoms with Crippen molar-refractivity contribution in [2.45, 2.75) is 85.4 Å². The minimum atomic E-state index is -1.12. The Bertz CT molecular complexity index is 919. The van der Waals surface area contributed by atoms with Crippen LogP contribution < -0.4 is 10.6 Å². The molecule has 0 bridgehead atoms. The van der Waals surface area contributed by atoms with Crippen LogP contribution in [0, 0.1) is 24.2 Å². The Labute approximate surface area is 208 Å². The van der Waals surface area contributed by atoms with Crippen molar-refractivity contribution < 1.29 is 24.2 Å². The number of hydrogen-bond donors (Lipinski definition) is 3. The second-order valence-corrected chi connectivity index (χ2v) is 9.73. The quantitative estimate of drug-likeness (QED) is 0.319. The van der Waals surface area contributed by atoms with Crippen molar-refractivity contribution in [1.82, 2.24) is 15.5 Å². The molecule has 35 heavy (non-hydrogen) atoms. The molecule has 0 aliphatic rings. The summed E-state index contributed by atoms with van der Waals surface area (Å²) in [5.74, 6) is -1.23. The zero-order valence-corrected chi connectivity index (χ0v) is 22.0. The number of aromatic hydroxyl groups is 1. The summed E-state index contributed by atoms with van der Waals surface area (Å²) in [5.41, 5.74) is 0.228. The summed E-state index contributed by atoms with van der Waals surface area (Å²) in [6, 6.07) is 4.49. The van der Waals surface area contributed by atoms with Crippen LogP contribution in [0.3, 0.4) is 0 Å². The summed E-state index contributed by atoms with van der Waals surface area (Å²) in [6.07, 6.45) is 1.45. The van der Waals surface area contributed by atoms with Gasteiger partial charge >= 0.3 is 6.09 Å². The fraction of sp³-hybridized carbons (Fsp3) is 0.615. The molecule has 0 aromatic heterocycles. The summed E-state index contributed by atoms with van der Waals surface area (Å²) in [5, 5.41) is 25.0. The number of phenolic OH excluding ortho intramolecular Hbond substituents is 1. The van der Waals surface area contributed by atoms with Crippen LogP contribution in [0.5, 0.6) is 5.75 Å². The third-order valence-corrected chi connectivity index (χ3v) is 5.60. The minimum absolute atomic E-state index is 0.0566. The molecule has 0 radical (unpaired) electrons. The monoisotopic (exact) mass is 488 g/mol. The molecule has 0 saturated heterocycles. The van der Waals surface area contributed by atoms with Crippen LogP contribution in [0.4, 0.5) is 4.79 Å². The zero-order chi connectivity index (χ0) is 26.8. The molecule has 0 spiro atoms. The predicted octanol–water partition coefficient (Wildman–Crippen LogP) is 3.95. The van der Waals surface area contributed by atoms with Crippen LogP contribution in [-0.2, 0) is 14.3 Å². The van der Waals surface area contributed by atoms with Crippen molar-refractivity contribution in [3.05, 3.63) is 29.3 Å². The molecular formula is C26H40N4O5. The van der Waals surface area contributed by atoms with Crippen molar-refractivity contribution in [3.63, 3.8) is 0 Å². The van der Waals surface area contributed by atoms with Gasteiger partial charge in [0.2, 0.25) is 11.8 Å². The van der Waals surface area contributed by atoms with Crippen molar-refractivity contribution in [1.29, 1.82) is 5.26 Å². The Balaban J connectivity index is 3.47. The largest absolute Gasteiger partial charge is 0.508 e. The topological polar surface area (TPSA) is 132 Å². The number of aryl methyl sites for hydroxylation is 1. The molecular weight excluding hydrogens is 448 g/mol. The van der Waals surface area contributed by atoms with Crippen LogP contribution in [0.15, 0.2) is 18.2 Å². The molecule has 0 aliphatic carbocycles. The van der Waals surface area contributed by atoms with Gasteiger partial charge in [0.25, 0.3) is 0 Å². The molecule has 9 heteroatoms. The number of nitrogens with one attached hydrogen (secondary N) is 2. The number of carbonyl (C=O) groups excluding carboxylic acids is 3. The van der Waals surface area contributed by atoms with Gasteiger partial charge in [0.1, 0.15) is 30.0 Å². The summed E-state index contributed by atoms with van der Waals surface area (Å²) in [7, 11) is 0. The number of amides is 3. The normalized spacial score (nSPS) is 13.7. The van der Waals surface area contributed by atoms with E-state index in [0.29, 0.717) is 24.1 Å². The highest BCUT2D eigenvalue weighted by Gasteiger charge is 2.38. The van der Waals surface area contributed by atoms with E-state index in [1.54, 1.807) is 39.8 Å². The maximum absolute atomic E-state index is 13.8. The van der Waals surface area contributed by atoms with Gasteiger partial charge < -0.3 is 25.4 Å². The lowest BCUT2D eigenvalue weighted by Crippen LogP contribution is -2.55. The third-order valence-electron chi connectivity index (χ3n) is 5.60. The highest BCUT2D eigenvalue weighted by Crippen LogP contribution is 2.28. The van der Waals surface area contributed by atoms with Gasteiger partial charge in [0.05, 0.1) is 6.07 Å². The van der Waals surface area contributed by atoms with Crippen molar-refractivity contribution in [2.24, 2.45) is 5.92 Å². The molecule has 0 fully saturated rings. The number of nitrogens with zero attached hydrogens (tertiary/aromatic N) is 2. The molecule has 0 heterocycles. The number of hydrogen-bond acceptors (Lipinski definition) is 6. The molecule has 9 nitrogen and oxygen atoms in total. The van der Waals surface area contributed by atoms with Crippen LogP contribution in [-0.4, -0.2) is 52.6 Å². The standard InChI is InChI=1S/C26H40N4O5/c1-8-10-14-28-23(32)22(19-11-12-20(31)18(4)16-19)30(15-13-27)24(33)21(17(3)9-2)29-25(34)35-26(5,6)7/h11-12,16-17,21-22,31H,8-10,14-15H2,1-7H3,(H,28,32)(H,29,34). The van der Waals surface area contributed by atoms with Crippen LogP contribution in [0.25, 0.3) is 0 Å². The van der Waals surface area contributed by atoms with E-state index in [1.807, 2.05) is 26.8 Å². The van der Waals surface area contributed by atoms with Gasteiger partial charge in [0.15, 0.2) is 0 Å². The molecule has 1 rings (SSSR count). The summed E-state index contributed by atoms with van der Waals surface area (Å²) in [6.45, 7) is 12.6. The SMILES string of the molecule is CCCCNC(=O)C(c1ccc(O)c(C)c1)N(CC#N)C(=O)C(NC(=O)OC(C)(C)C)C(C)CC. The van der Waals surface area contributed by atoms with E-state index in [-0.39, 0.29) is 18.2 Å². The van der Waals surface area contributed by atoms with Crippen LogP contribution in [0.1, 0.15) is 78.0 Å². The fourth-order valence-corrected chi connectivity index (χ4v) is 3.48. The number of rotatable bonds is 11. The Morgan fingerprint density at radius 2 is 1.89 bits per heavy atom. The molecule has 3 amide bonds. The number of alkyl carbamates (subject to hydrolysis) is 1. The number of benzene rings is 1. The lowest BCUT2D eigenvalue weighted by molar-refractivity contribution is -0.142. The Kier molecular flexibility index (Phi) is 11.5. The van der Waals surface area contributed by atoms with Crippen LogP contribution >= 0.6 is 0 Å². The van der Waals surface area contributed by atoms with Gasteiger partial charge in [-0.3, -0.25) is 9.59 Å². The molecule has 0 aliphatic heterocycles.